The molecular weight excluding hydrogens is 908 g/mol. The van der Waals surface area contributed by atoms with Crippen LogP contribution in [-0.2, 0) is 74.6 Å². The van der Waals surface area contributed by atoms with Crippen molar-refractivity contribution < 1.29 is 100 Å². The molecule has 0 spiro atoms. The van der Waals surface area contributed by atoms with Crippen molar-refractivity contribution in [2.24, 2.45) is 33.5 Å². The molecule has 4 aliphatic carbocycles. The van der Waals surface area contributed by atoms with Gasteiger partial charge in [-0.15, -0.1) is 0 Å². The Bertz CT molecular complexity index is 1720. The maximum absolute atomic E-state index is 11.8. The van der Waals surface area contributed by atoms with Gasteiger partial charge in [0.2, 0.25) is 0 Å². The molecule has 2 aromatic carbocycles. The SMILES string of the molecule is CC1(C)[C@@H]2CC[C@@]1(CS(=O)(=O)[O-])C(=O)C2.CC1(C)[C@H]2CC[C@]1(CS(=O)(=O)[O-])C(=O)C2.Nc1ccc(C(=O)O)cc1.Nc1ccc(C(=O)O)cc1.[Ag+].[Ag+]. The Balaban J connectivity index is 0.000000349. The van der Waals surface area contributed by atoms with Crippen molar-refractivity contribution in [3.63, 3.8) is 0 Å². The van der Waals surface area contributed by atoms with E-state index in [0.29, 0.717) is 37.1 Å². The summed E-state index contributed by atoms with van der Waals surface area (Å²) in [5, 5.41) is 16.9. The number of fused-ring (bicyclic) bond motifs is 4. The number of ketones is 2. The summed E-state index contributed by atoms with van der Waals surface area (Å²) in [6.45, 7) is 7.67. The molecule has 0 aliphatic heterocycles. The fourth-order valence-corrected chi connectivity index (χ4v) is 10.6. The Morgan fingerprint density at radius 2 is 0.923 bits per heavy atom. The summed E-state index contributed by atoms with van der Waals surface area (Å²) in [7, 11) is -8.65. The van der Waals surface area contributed by atoms with E-state index in [0.717, 1.165) is 12.8 Å². The number of carbonyl (C=O) groups is 4. The number of carbonyl (C=O) groups excluding carboxylic acids is 2. The first-order chi connectivity index (χ1) is 22.8. The second-order valence-electron chi connectivity index (χ2n) is 14.6. The van der Waals surface area contributed by atoms with E-state index in [1.54, 1.807) is 24.3 Å². The molecule has 2 aromatic rings. The third-order valence-corrected chi connectivity index (χ3v) is 13.1. The van der Waals surface area contributed by atoms with E-state index in [1.807, 2.05) is 27.7 Å². The minimum absolute atomic E-state index is 0. The average molecular weight is 953 g/mol. The number of benzene rings is 2. The van der Waals surface area contributed by atoms with Gasteiger partial charge in [0, 0.05) is 35.0 Å². The molecule has 52 heavy (non-hydrogen) atoms. The normalized spacial score (nSPS) is 25.8. The Labute approximate surface area is 335 Å². The Hall–Kier alpha value is -2.38. The minimum Gasteiger partial charge on any atom is -0.748 e. The van der Waals surface area contributed by atoms with Crippen LogP contribution in [0.2, 0.25) is 0 Å². The largest absolute Gasteiger partial charge is 1.00 e. The van der Waals surface area contributed by atoms with Gasteiger partial charge >= 0.3 is 56.7 Å². The van der Waals surface area contributed by atoms with Crippen molar-refractivity contribution in [2.75, 3.05) is 23.0 Å². The zero-order chi connectivity index (χ0) is 38.1. The van der Waals surface area contributed by atoms with Gasteiger partial charge in [-0.25, -0.2) is 26.4 Å². The fraction of sp³-hybridized carbons (Fsp3) is 0.529. The molecule has 4 bridgehead atoms. The van der Waals surface area contributed by atoms with Crippen LogP contribution < -0.4 is 11.5 Å². The van der Waals surface area contributed by atoms with Gasteiger partial charge in [-0.1, -0.05) is 27.7 Å². The maximum atomic E-state index is 11.8. The van der Waals surface area contributed by atoms with Crippen LogP contribution >= 0.6 is 0 Å². The van der Waals surface area contributed by atoms with Crippen molar-refractivity contribution in [1.82, 2.24) is 0 Å². The summed E-state index contributed by atoms with van der Waals surface area (Å²) in [5.74, 6) is -2.42. The van der Waals surface area contributed by atoms with E-state index in [4.69, 9.17) is 21.7 Å². The van der Waals surface area contributed by atoms with E-state index in [-0.39, 0.29) is 90.1 Å². The molecule has 4 atom stereocenters. The zero-order valence-electron chi connectivity index (χ0n) is 29.0. The fourth-order valence-electron chi connectivity index (χ4n) is 8.07. The molecule has 0 heterocycles. The predicted molar refractivity (Wildman–Crippen MR) is 182 cm³/mol. The number of nitrogens with two attached hydrogens (primary N) is 2. The van der Waals surface area contributed by atoms with Crippen LogP contribution in [0.5, 0.6) is 0 Å². The monoisotopic (exact) mass is 950 g/mol. The molecule has 296 valence electrons. The Morgan fingerprint density at radius 1 is 0.654 bits per heavy atom. The minimum atomic E-state index is -4.33. The van der Waals surface area contributed by atoms with E-state index in [1.165, 1.54) is 24.3 Å². The van der Waals surface area contributed by atoms with Crippen LogP contribution in [0.15, 0.2) is 48.5 Å². The van der Waals surface area contributed by atoms with Crippen LogP contribution in [0.3, 0.4) is 0 Å². The van der Waals surface area contributed by atoms with Gasteiger partial charge in [-0.3, -0.25) is 9.59 Å². The first-order valence-electron chi connectivity index (χ1n) is 15.9. The number of nitrogen functional groups attached to an aromatic ring is 2. The maximum Gasteiger partial charge on any atom is 1.00 e. The van der Waals surface area contributed by atoms with Crippen LogP contribution in [-0.4, -0.2) is 71.2 Å². The summed E-state index contributed by atoms with van der Waals surface area (Å²) >= 11 is 0. The van der Waals surface area contributed by atoms with Crippen molar-refractivity contribution in [3.8, 4) is 0 Å². The third kappa shape index (κ3) is 10.4. The number of hydrogen-bond donors (Lipinski definition) is 4. The summed E-state index contributed by atoms with van der Waals surface area (Å²) in [6.07, 6.45) is 3.75. The average Bonchev–Trinajstić information content (AvgIpc) is 3.50. The number of carboxylic acid groups (broad SMARTS) is 2. The molecule has 4 aliphatic rings. The molecule has 4 fully saturated rings. The number of Topliss-reactive ketones (excluding diaryl/α,β-unsaturated/α-hetero) is 2. The van der Waals surface area contributed by atoms with Gasteiger partial charge in [0.05, 0.1) is 42.9 Å². The number of anilines is 2. The smallest absolute Gasteiger partial charge is 0.748 e. The first-order valence-corrected chi connectivity index (χ1v) is 19.0. The quantitative estimate of drug-likeness (QED) is 0.182. The molecule has 0 radical (unpaired) electrons. The third-order valence-electron chi connectivity index (χ3n) is 11.4. The molecule has 0 aromatic heterocycles. The Kier molecular flexibility index (Phi) is 15.9. The summed E-state index contributed by atoms with van der Waals surface area (Å²) in [6, 6.07) is 12.1. The van der Waals surface area contributed by atoms with Gasteiger partial charge in [0.15, 0.2) is 0 Å². The Morgan fingerprint density at radius 3 is 1.10 bits per heavy atom. The van der Waals surface area contributed by atoms with Crippen LogP contribution in [0.4, 0.5) is 11.4 Å². The molecular formula is C34H44Ag2N2O12S2. The van der Waals surface area contributed by atoms with E-state index in [2.05, 4.69) is 0 Å². The molecule has 18 heteroatoms. The molecule has 0 unspecified atom stereocenters. The summed E-state index contributed by atoms with van der Waals surface area (Å²) < 4.78 is 65.4. The molecule has 4 saturated carbocycles. The van der Waals surface area contributed by atoms with Crippen molar-refractivity contribution >= 4 is 55.1 Å². The topological polar surface area (TPSA) is 275 Å². The van der Waals surface area contributed by atoms with E-state index < -0.39 is 54.5 Å². The van der Waals surface area contributed by atoms with Gasteiger partial charge in [0.25, 0.3) is 0 Å². The van der Waals surface area contributed by atoms with E-state index >= 15 is 0 Å². The van der Waals surface area contributed by atoms with Gasteiger partial charge in [-0.2, -0.15) is 0 Å². The molecule has 6 rings (SSSR count). The first kappa shape index (κ1) is 47.6. The van der Waals surface area contributed by atoms with Gasteiger partial charge in [-0.05, 0) is 96.9 Å². The second-order valence-corrected chi connectivity index (χ2v) is 17.4. The number of hydrogen-bond acceptors (Lipinski definition) is 12. The van der Waals surface area contributed by atoms with Gasteiger partial charge < -0.3 is 30.8 Å². The number of carboxylic acids is 2. The zero-order valence-corrected chi connectivity index (χ0v) is 33.6. The standard InChI is InChI=1S/2C10H16O4S.2C7H7NO2.2Ag/c2*1-9(2)7-3-4-10(9,8(11)5-7)6-15(12,13)14;2*8-6-3-1-5(2-4-6)7(9)10;;/h2*7H,3-6H2,1-2H3,(H,12,13,14);2*1-4H,8H2,(H,9,10);;/q;;;;2*+1/p-2/t2*7-,10-;;;;/m10..../s1. The van der Waals surface area contributed by atoms with Crippen LogP contribution in [0.25, 0.3) is 0 Å². The van der Waals surface area contributed by atoms with Crippen LogP contribution in [0, 0.1) is 33.5 Å². The second kappa shape index (κ2) is 17.4. The van der Waals surface area contributed by atoms with Crippen molar-refractivity contribution in [2.45, 2.75) is 66.2 Å². The van der Waals surface area contributed by atoms with Crippen molar-refractivity contribution in [1.29, 1.82) is 0 Å². The summed E-state index contributed by atoms with van der Waals surface area (Å²) in [4.78, 5) is 44.2. The number of rotatable bonds is 6. The summed E-state index contributed by atoms with van der Waals surface area (Å²) in [5.41, 5.74) is 9.89. The molecule has 0 saturated heterocycles. The molecule has 0 amide bonds. The van der Waals surface area contributed by atoms with E-state index in [9.17, 15) is 45.1 Å². The van der Waals surface area contributed by atoms with Gasteiger partial charge in [0.1, 0.15) is 11.6 Å². The predicted octanol–water partition coefficient (Wildman–Crippen LogP) is 3.78. The number of aromatic carboxylic acids is 2. The molecule has 6 N–H and O–H groups in total. The van der Waals surface area contributed by atoms with Crippen LogP contribution in [0.1, 0.15) is 86.9 Å². The molecule has 14 nitrogen and oxygen atoms in total. The van der Waals surface area contributed by atoms with Crippen molar-refractivity contribution in [3.05, 3.63) is 59.7 Å².